The lowest BCUT2D eigenvalue weighted by atomic mass is 10.1. The lowest BCUT2D eigenvalue weighted by molar-refractivity contribution is -0.112. The molecule has 8 heteroatoms. The highest BCUT2D eigenvalue weighted by Crippen LogP contribution is 2.36. The van der Waals surface area contributed by atoms with Crippen molar-refractivity contribution in [3.63, 3.8) is 0 Å². The van der Waals surface area contributed by atoms with E-state index >= 15 is 0 Å². The summed E-state index contributed by atoms with van der Waals surface area (Å²) in [6, 6.07) is 18.1. The van der Waals surface area contributed by atoms with Gasteiger partial charge in [-0.05, 0) is 84.0 Å². The van der Waals surface area contributed by atoms with E-state index in [0.29, 0.717) is 39.4 Å². The monoisotopic (exact) mass is 606 g/mol. The lowest BCUT2D eigenvalue weighted by Gasteiger charge is -2.15. The van der Waals surface area contributed by atoms with Gasteiger partial charge < -0.3 is 14.8 Å². The second-order valence-electron chi connectivity index (χ2n) is 7.23. The summed E-state index contributed by atoms with van der Waals surface area (Å²) >= 11 is 14.4. The molecule has 0 bridgehead atoms. The van der Waals surface area contributed by atoms with Crippen LogP contribution in [0.3, 0.4) is 0 Å². The highest BCUT2D eigenvalue weighted by atomic mass is 127. The third-order valence-corrected chi connectivity index (χ3v) is 6.18. The molecule has 0 fully saturated rings. The van der Waals surface area contributed by atoms with Crippen molar-refractivity contribution < 1.29 is 14.3 Å². The van der Waals surface area contributed by atoms with Gasteiger partial charge in [0, 0.05) is 21.3 Å². The summed E-state index contributed by atoms with van der Waals surface area (Å²) in [5.41, 5.74) is 2.96. The molecule has 3 aromatic carbocycles. The minimum atomic E-state index is -0.484. The van der Waals surface area contributed by atoms with Gasteiger partial charge in [-0.25, -0.2) is 0 Å². The first kappa shape index (κ1) is 25.9. The Bertz CT molecular complexity index is 1290. The van der Waals surface area contributed by atoms with E-state index in [1.807, 2.05) is 44.2 Å². The zero-order valence-corrected chi connectivity index (χ0v) is 22.2. The molecule has 0 saturated carbocycles. The number of nitrogens with zero attached hydrogens (tertiary/aromatic N) is 1. The Kier molecular flexibility index (Phi) is 9.22. The van der Waals surface area contributed by atoms with Crippen molar-refractivity contribution in [2.45, 2.75) is 20.5 Å². The standard InChI is InChI=1S/C26H21Cl2IN2O3/c1-3-33-24-12-17(10-19(14-30)26(32)31-23-7-5-4-6-16(23)2)11-22(29)25(24)34-15-18-8-9-20(27)13-21(18)28/h4-13H,3,15H2,1-2H3,(H,31,32)/b19-10-. The number of hydrogen-bond acceptors (Lipinski definition) is 4. The molecule has 0 aliphatic rings. The van der Waals surface area contributed by atoms with Crippen LogP contribution in [0.5, 0.6) is 11.5 Å². The van der Waals surface area contributed by atoms with Crippen molar-refractivity contribution in [2.75, 3.05) is 11.9 Å². The zero-order chi connectivity index (χ0) is 24.7. The molecule has 3 rings (SSSR count). The summed E-state index contributed by atoms with van der Waals surface area (Å²) in [5.74, 6) is 0.568. The molecular weight excluding hydrogens is 586 g/mol. The molecule has 0 aliphatic carbocycles. The highest BCUT2D eigenvalue weighted by molar-refractivity contribution is 14.1. The molecule has 0 unspecified atom stereocenters. The number of carbonyl (C=O) groups excluding carboxylic acids is 1. The number of nitriles is 1. The molecule has 0 aromatic heterocycles. The maximum Gasteiger partial charge on any atom is 0.266 e. The third kappa shape index (κ3) is 6.66. The summed E-state index contributed by atoms with van der Waals surface area (Å²) in [7, 11) is 0. The van der Waals surface area contributed by atoms with Gasteiger partial charge in [-0.2, -0.15) is 5.26 Å². The molecule has 0 atom stereocenters. The Hall–Kier alpha value is -2.73. The fraction of sp³-hybridized carbons (Fsp3) is 0.154. The van der Waals surface area contributed by atoms with Crippen LogP contribution in [-0.4, -0.2) is 12.5 Å². The number of rotatable bonds is 8. The fourth-order valence-corrected chi connectivity index (χ4v) is 4.33. The van der Waals surface area contributed by atoms with E-state index in [2.05, 4.69) is 27.9 Å². The van der Waals surface area contributed by atoms with Crippen molar-refractivity contribution in [3.8, 4) is 17.6 Å². The predicted molar refractivity (Wildman–Crippen MR) is 145 cm³/mol. The molecule has 0 aliphatic heterocycles. The minimum absolute atomic E-state index is 0.0249. The van der Waals surface area contributed by atoms with Crippen molar-refractivity contribution in [2.24, 2.45) is 0 Å². The normalized spacial score (nSPS) is 11.0. The molecule has 0 heterocycles. The average molecular weight is 607 g/mol. The van der Waals surface area contributed by atoms with Crippen molar-refractivity contribution in [1.29, 1.82) is 5.26 Å². The van der Waals surface area contributed by atoms with Crippen molar-refractivity contribution in [3.05, 3.63) is 90.5 Å². The number of anilines is 1. The largest absolute Gasteiger partial charge is 0.490 e. The molecule has 0 radical (unpaired) electrons. The van der Waals surface area contributed by atoms with Crippen molar-refractivity contribution in [1.82, 2.24) is 0 Å². The summed E-state index contributed by atoms with van der Waals surface area (Å²) < 4.78 is 12.6. The van der Waals surface area contributed by atoms with E-state index in [1.54, 1.807) is 30.3 Å². The predicted octanol–water partition coefficient (Wildman–Crippen LogP) is 7.43. The number of carbonyl (C=O) groups is 1. The highest BCUT2D eigenvalue weighted by Gasteiger charge is 2.15. The van der Waals surface area contributed by atoms with Crippen LogP contribution in [0, 0.1) is 21.8 Å². The summed E-state index contributed by atoms with van der Waals surface area (Å²) in [5, 5.41) is 13.4. The summed E-state index contributed by atoms with van der Waals surface area (Å²) in [6.45, 7) is 4.40. The number of benzene rings is 3. The van der Waals surface area contributed by atoms with Crippen LogP contribution in [-0.2, 0) is 11.4 Å². The Balaban J connectivity index is 1.87. The van der Waals surface area contributed by atoms with Gasteiger partial charge in [0.15, 0.2) is 11.5 Å². The maximum atomic E-state index is 12.7. The van der Waals surface area contributed by atoms with E-state index in [0.717, 1.165) is 14.7 Å². The smallest absolute Gasteiger partial charge is 0.266 e. The van der Waals surface area contributed by atoms with E-state index in [1.165, 1.54) is 6.08 Å². The van der Waals surface area contributed by atoms with Crippen LogP contribution in [0.15, 0.2) is 60.2 Å². The topological polar surface area (TPSA) is 71.3 Å². The fourth-order valence-electron chi connectivity index (χ4n) is 3.08. The Morgan fingerprint density at radius 3 is 2.59 bits per heavy atom. The molecule has 1 amide bonds. The molecule has 34 heavy (non-hydrogen) atoms. The quantitative estimate of drug-likeness (QED) is 0.164. The Morgan fingerprint density at radius 2 is 1.91 bits per heavy atom. The van der Waals surface area contributed by atoms with E-state index in [-0.39, 0.29) is 12.2 Å². The summed E-state index contributed by atoms with van der Waals surface area (Å²) in [4.78, 5) is 12.7. The van der Waals surface area contributed by atoms with Gasteiger partial charge in [0.25, 0.3) is 5.91 Å². The van der Waals surface area contributed by atoms with Crippen LogP contribution in [0.25, 0.3) is 6.08 Å². The number of hydrogen-bond donors (Lipinski definition) is 1. The van der Waals surface area contributed by atoms with E-state index in [9.17, 15) is 10.1 Å². The first-order valence-electron chi connectivity index (χ1n) is 10.3. The van der Waals surface area contributed by atoms with Crippen LogP contribution in [0.1, 0.15) is 23.6 Å². The number of para-hydroxylation sites is 1. The first-order valence-corrected chi connectivity index (χ1v) is 12.2. The zero-order valence-electron chi connectivity index (χ0n) is 18.5. The lowest BCUT2D eigenvalue weighted by Crippen LogP contribution is -2.14. The number of halogens is 3. The molecule has 5 nitrogen and oxygen atoms in total. The number of ether oxygens (including phenoxy) is 2. The molecule has 0 saturated heterocycles. The van der Waals surface area contributed by atoms with Gasteiger partial charge >= 0.3 is 0 Å². The molecule has 3 aromatic rings. The van der Waals surface area contributed by atoms with Crippen LogP contribution in [0.2, 0.25) is 10.0 Å². The van der Waals surface area contributed by atoms with E-state index < -0.39 is 5.91 Å². The second-order valence-corrected chi connectivity index (χ2v) is 9.23. The van der Waals surface area contributed by atoms with Gasteiger partial charge in [-0.3, -0.25) is 4.79 Å². The Labute approximate surface area is 222 Å². The minimum Gasteiger partial charge on any atom is -0.490 e. The van der Waals surface area contributed by atoms with Crippen LogP contribution < -0.4 is 14.8 Å². The SMILES string of the molecule is CCOc1cc(/C=C(/C#N)C(=O)Nc2ccccc2C)cc(I)c1OCc1ccc(Cl)cc1Cl. The van der Waals surface area contributed by atoms with Crippen molar-refractivity contribution >= 4 is 63.5 Å². The molecule has 174 valence electrons. The molecular formula is C26H21Cl2IN2O3. The number of aryl methyl sites for hydroxylation is 1. The maximum absolute atomic E-state index is 12.7. The average Bonchev–Trinajstić information content (AvgIpc) is 2.79. The third-order valence-electron chi connectivity index (χ3n) is 4.79. The van der Waals surface area contributed by atoms with E-state index in [4.69, 9.17) is 32.7 Å². The van der Waals surface area contributed by atoms with Gasteiger partial charge in [-0.1, -0.05) is 47.5 Å². The van der Waals surface area contributed by atoms with Gasteiger partial charge in [0.05, 0.1) is 10.2 Å². The summed E-state index contributed by atoms with van der Waals surface area (Å²) in [6.07, 6.45) is 1.53. The second kappa shape index (κ2) is 12.1. The molecule has 1 N–H and O–H groups in total. The van der Waals surface area contributed by atoms with Gasteiger partial charge in [0.2, 0.25) is 0 Å². The van der Waals surface area contributed by atoms with Gasteiger partial charge in [0.1, 0.15) is 18.2 Å². The number of nitrogens with one attached hydrogen (secondary N) is 1. The molecule has 0 spiro atoms. The Morgan fingerprint density at radius 1 is 1.15 bits per heavy atom. The van der Waals surface area contributed by atoms with Crippen LogP contribution in [0.4, 0.5) is 5.69 Å². The van der Waals surface area contributed by atoms with Crippen LogP contribution >= 0.6 is 45.8 Å². The first-order chi connectivity index (χ1) is 16.3. The number of amides is 1. The van der Waals surface area contributed by atoms with Gasteiger partial charge in [-0.15, -0.1) is 0 Å².